The molecule has 4 nitrogen and oxygen atoms in total. The first-order valence-corrected chi connectivity index (χ1v) is 8.45. The summed E-state index contributed by atoms with van der Waals surface area (Å²) in [5, 5.41) is 0. The topological polar surface area (TPSA) is 59.2 Å². The van der Waals surface area contributed by atoms with E-state index in [-0.39, 0.29) is 5.82 Å². The molecule has 0 fully saturated rings. The number of nitrogens with zero attached hydrogens (tertiary/aromatic N) is 2. The summed E-state index contributed by atoms with van der Waals surface area (Å²) in [7, 11) is 0. The molecule has 26 heavy (non-hydrogen) atoms. The number of hydrogen-bond donors (Lipinski definition) is 1. The van der Waals surface area contributed by atoms with E-state index in [0.29, 0.717) is 24.3 Å². The smallest absolute Gasteiger partial charge is 0.229 e. The lowest BCUT2D eigenvalue weighted by molar-refractivity contribution is -0.118. The van der Waals surface area contributed by atoms with Gasteiger partial charge in [-0.05, 0) is 34.9 Å². The molecule has 4 rings (SSSR count). The number of rotatable bonds is 4. The molecule has 0 aliphatic carbocycles. The summed E-state index contributed by atoms with van der Waals surface area (Å²) in [6.07, 6.45) is 1.75. The van der Waals surface area contributed by atoms with Crippen LogP contribution in [0.4, 0.5) is 10.1 Å². The fraction of sp³-hybridized carbons (Fsp3) is 0.143. The Morgan fingerprint density at radius 2 is 1.85 bits per heavy atom. The first-order chi connectivity index (χ1) is 12.6. The number of pyridine rings is 1. The third-order valence-electron chi connectivity index (χ3n) is 4.75. The van der Waals surface area contributed by atoms with Crippen LogP contribution in [-0.2, 0) is 17.9 Å². The lowest BCUT2D eigenvalue weighted by atomic mass is 9.90. The van der Waals surface area contributed by atoms with Crippen molar-refractivity contribution in [1.82, 2.24) is 4.98 Å². The Morgan fingerprint density at radius 3 is 2.54 bits per heavy atom. The average molecular weight is 347 g/mol. The minimum Gasteiger partial charge on any atom is -0.369 e. The zero-order valence-corrected chi connectivity index (χ0v) is 14.1. The molecule has 0 saturated heterocycles. The van der Waals surface area contributed by atoms with Crippen LogP contribution in [0.2, 0.25) is 0 Å². The van der Waals surface area contributed by atoms with Gasteiger partial charge in [0.1, 0.15) is 5.82 Å². The molecule has 130 valence electrons. The number of hydrogen-bond acceptors (Lipinski definition) is 3. The molecule has 2 heterocycles. The van der Waals surface area contributed by atoms with Crippen molar-refractivity contribution in [3.8, 4) is 0 Å². The van der Waals surface area contributed by atoms with Gasteiger partial charge in [0.2, 0.25) is 5.91 Å². The summed E-state index contributed by atoms with van der Waals surface area (Å²) >= 11 is 0. The summed E-state index contributed by atoms with van der Waals surface area (Å²) in [5.74, 6) is -1.53. The Bertz CT molecular complexity index is 933. The van der Waals surface area contributed by atoms with Crippen molar-refractivity contribution < 1.29 is 9.18 Å². The van der Waals surface area contributed by atoms with E-state index >= 15 is 0 Å². The van der Waals surface area contributed by atoms with Crippen LogP contribution in [0.25, 0.3) is 0 Å². The monoisotopic (exact) mass is 347 g/mol. The number of carbonyl (C=O) groups excluding carboxylic acids is 1. The number of anilines is 1. The number of nitrogens with two attached hydrogens (primary N) is 1. The molecule has 3 aromatic rings. The second kappa shape index (κ2) is 6.59. The second-order valence-corrected chi connectivity index (χ2v) is 6.42. The number of aromatic nitrogens is 1. The summed E-state index contributed by atoms with van der Waals surface area (Å²) in [5.41, 5.74) is 9.48. The lowest BCUT2D eigenvalue weighted by Crippen LogP contribution is -2.23. The molecule has 5 heteroatoms. The van der Waals surface area contributed by atoms with Crippen LogP contribution in [0, 0.1) is 5.82 Å². The zero-order valence-electron chi connectivity index (χ0n) is 14.1. The predicted molar refractivity (Wildman–Crippen MR) is 98.0 cm³/mol. The van der Waals surface area contributed by atoms with Crippen molar-refractivity contribution >= 4 is 11.6 Å². The van der Waals surface area contributed by atoms with Gasteiger partial charge in [0, 0.05) is 12.7 Å². The fourth-order valence-corrected chi connectivity index (χ4v) is 3.50. The molecule has 0 radical (unpaired) electrons. The van der Waals surface area contributed by atoms with Gasteiger partial charge in [0.05, 0.1) is 23.8 Å². The van der Waals surface area contributed by atoms with Gasteiger partial charge >= 0.3 is 0 Å². The Labute approximate surface area is 151 Å². The minimum absolute atomic E-state index is 0.363. The summed E-state index contributed by atoms with van der Waals surface area (Å²) in [4.78, 5) is 18.3. The number of carbonyl (C=O) groups is 1. The molecule has 1 aliphatic rings. The third-order valence-corrected chi connectivity index (χ3v) is 4.75. The molecule has 1 aromatic heterocycles. The van der Waals surface area contributed by atoms with E-state index in [0.717, 1.165) is 16.8 Å². The highest BCUT2D eigenvalue weighted by molar-refractivity contribution is 5.85. The molecule has 0 bridgehead atoms. The minimum atomic E-state index is -0.669. The highest BCUT2D eigenvalue weighted by Gasteiger charge is 2.25. The molecule has 1 aliphatic heterocycles. The van der Waals surface area contributed by atoms with Crippen LogP contribution in [-0.4, -0.2) is 10.9 Å². The van der Waals surface area contributed by atoms with E-state index in [1.165, 1.54) is 6.07 Å². The van der Waals surface area contributed by atoms with E-state index in [9.17, 15) is 9.18 Å². The van der Waals surface area contributed by atoms with Gasteiger partial charge in [-0.1, -0.05) is 42.5 Å². The lowest BCUT2D eigenvalue weighted by Gasteiger charge is -2.20. The maximum atomic E-state index is 14.9. The maximum absolute atomic E-state index is 14.9. The van der Waals surface area contributed by atoms with Crippen molar-refractivity contribution in [3.05, 3.63) is 95.1 Å². The molecule has 1 unspecified atom stereocenters. The van der Waals surface area contributed by atoms with Gasteiger partial charge in [-0.3, -0.25) is 9.78 Å². The Balaban J connectivity index is 1.65. The molecular weight excluding hydrogens is 329 g/mol. The van der Waals surface area contributed by atoms with Crippen molar-refractivity contribution in [2.75, 3.05) is 4.90 Å². The second-order valence-electron chi connectivity index (χ2n) is 6.42. The summed E-state index contributed by atoms with van der Waals surface area (Å²) in [6.45, 7) is 1.20. The molecule has 2 aromatic carbocycles. The highest BCUT2D eigenvalue weighted by Crippen LogP contribution is 2.32. The van der Waals surface area contributed by atoms with Gasteiger partial charge in [-0.2, -0.15) is 0 Å². The average Bonchev–Trinajstić information content (AvgIpc) is 3.06. The fourth-order valence-electron chi connectivity index (χ4n) is 3.50. The number of fused-ring (bicyclic) bond motifs is 1. The van der Waals surface area contributed by atoms with Crippen LogP contribution >= 0.6 is 0 Å². The molecule has 1 amide bonds. The maximum Gasteiger partial charge on any atom is 0.229 e. The molecule has 0 spiro atoms. The summed E-state index contributed by atoms with van der Waals surface area (Å²) < 4.78 is 14.9. The molecular formula is C21H18FN3O. The number of amides is 1. The largest absolute Gasteiger partial charge is 0.369 e. The quantitative estimate of drug-likeness (QED) is 0.787. The molecule has 2 N–H and O–H groups in total. The van der Waals surface area contributed by atoms with Crippen LogP contribution in [0.3, 0.4) is 0 Å². The van der Waals surface area contributed by atoms with Crippen LogP contribution < -0.4 is 10.6 Å². The number of benzene rings is 2. The third kappa shape index (κ3) is 2.92. The number of halogens is 1. The van der Waals surface area contributed by atoms with Crippen molar-refractivity contribution in [2.45, 2.75) is 19.0 Å². The van der Waals surface area contributed by atoms with Gasteiger partial charge in [0.25, 0.3) is 0 Å². The first-order valence-electron chi connectivity index (χ1n) is 8.45. The Morgan fingerprint density at radius 1 is 1.04 bits per heavy atom. The van der Waals surface area contributed by atoms with Crippen LogP contribution in [0.1, 0.15) is 28.3 Å². The standard InChI is InChI=1S/C21H18FN3O/c22-17-11-15(20(21(23)26)14-5-2-1-3-6-14)8-9-19(17)25-12-16-7-4-10-24-18(16)13-25/h1-11,20H,12-13H2,(H2,23,26). The van der Waals surface area contributed by atoms with Crippen molar-refractivity contribution in [2.24, 2.45) is 5.73 Å². The van der Waals surface area contributed by atoms with E-state index in [1.54, 1.807) is 18.3 Å². The van der Waals surface area contributed by atoms with E-state index < -0.39 is 11.8 Å². The van der Waals surface area contributed by atoms with Crippen molar-refractivity contribution in [3.63, 3.8) is 0 Å². The van der Waals surface area contributed by atoms with Gasteiger partial charge in [0.15, 0.2) is 0 Å². The Hall–Kier alpha value is -3.21. The van der Waals surface area contributed by atoms with E-state index in [4.69, 9.17) is 5.73 Å². The van der Waals surface area contributed by atoms with E-state index in [1.807, 2.05) is 47.4 Å². The van der Waals surface area contributed by atoms with Crippen LogP contribution in [0.5, 0.6) is 0 Å². The van der Waals surface area contributed by atoms with Crippen molar-refractivity contribution in [1.29, 1.82) is 0 Å². The zero-order chi connectivity index (χ0) is 18.1. The van der Waals surface area contributed by atoms with Gasteiger partial charge in [-0.25, -0.2) is 4.39 Å². The molecule has 1 atom stereocenters. The molecule has 0 saturated carbocycles. The SMILES string of the molecule is NC(=O)C(c1ccccc1)c1ccc(N2Cc3cccnc3C2)c(F)c1. The normalized spacial score (nSPS) is 14.1. The Kier molecular flexibility index (Phi) is 4.13. The van der Waals surface area contributed by atoms with Gasteiger partial charge < -0.3 is 10.6 Å². The first kappa shape index (κ1) is 16.3. The van der Waals surface area contributed by atoms with Gasteiger partial charge in [-0.15, -0.1) is 0 Å². The van der Waals surface area contributed by atoms with Crippen LogP contribution in [0.15, 0.2) is 66.9 Å². The van der Waals surface area contributed by atoms with E-state index in [2.05, 4.69) is 4.98 Å². The summed E-state index contributed by atoms with van der Waals surface area (Å²) in [6, 6.07) is 18.0. The highest BCUT2D eigenvalue weighted by atomic mass is 19.1. The predicted octanol–water partition coefficient (Wildman–Crippen LogP) is 3.36. The number of primary amides is 1.